The first kappa shape index (κ1) is 4.77. The third-order valence-electron chi connectivity index (χ3n) is 0.638. The second kappa shape index (κ2) is 2.74. The molecule has 0 aromatic heterocycles. The van der Waals surface area contributed by atoms with E-state index >= 15 is 0 Å². The van der Waals surface area contributed by atoms with Crippen molar-refractivity contribution in [3.8, 4) is 0 Å². The highest BCUT2D eigenvalue weighted by Crippen LogP contribution is 1.72. The van der Waals surface area contributed by atoms with Crippen molar-refractivity contribution in [3.63, 3.8) is 0 Å². The molecular weight excluding hydrogens is 90.1 g/mol. The molecule has 0 saturated heterocycles. The molecule has 1 rings (SSSR count). The lowest BCUT2D eigenvalue weighted by Crippen LogP contribution is -2.39. The highest BCUT2D eigenvalue weighted by molar-refractivity contribution is 4.86. The number of rotatable bonds is 0. The Kier molecular flexibility index (Phi) is 1.87. The van der Waals surface area contributed by atoms with Gasteiger partial charge in [-0.3, -0.25) is 0 Å². The first-order chi connectivity index (χ1) is 3.50. The predicted molar refractivity (Wildman–Crippen MR) is 26.4 cm³/mol. The molecule has 1 aliphatic rings. The second-order valence-corrected chi connectivity index (χ2v) is 1.17. The Hall–Kier alpha value is -0.380. The minimum Gasteiger partial charge on any atom is -0.240 e. The molecular formula is C4H7N3. The Morgan fingerprint density at radius 3 is 3.57 bits per heavy atom. The predicted octanol–water partition coefficient (Wildman–Crippen LogP) is -0.880. The highest BCUT2D eigenvalue weighted by Gasteiger charge is 1.84. The van der Waals surface area contributed by atoms with Crippen LogP contribution in [0.1, 0.15) is 0 Å². The Labute approximate surface area is 42.7 Å². The maximum absolute atomic E-state index is 2.86. The fraction of sp³-hybridized carbons (Fsp3) is 0.250. The summed E-state index contributed by atoms with van der Waals surface area (Å²) in [5.74, 6) is 0. The van der Waals surface area contributed by atoms with Gasteiger partial charge in [-0.15, -0.1) is 0 Å². The van der Waals surface area contributed by atoms with Crippen molar-refractivity contribution in [1.82, 2.24) is 16.4 Å². The second-order valence-electron chi connectivity index (χ2n) is 1.17. The Bertz CT molecular complexity index is 61.3. The first-order valence-corrected chi connectivity index (χ1v) is 2.13. The molecule has 0 bridgehead atoms. The minimum atomic E-state index is 0.809. The van der Waals surface area contributed by atoms with Crippen LogP contribution in [0, 0.1) is 12.6 Å². The van der Waals surface area contributed by atoms with Gasteiger partial charge in [0.25, 0.3) is 0 Å². The summed E-state index contributed by atoms with van der Waals surface area (Å²) < 4.78 is 0. The van der Waals surface area contributed by atoms with Crippen molar-refractivity contribution >= 4 is 0 Å². The molecule has 0 aliphatic carbocycles. The molecule has 1 aliphatic heterocycles. The summed E-state index contributed by atoms with van der Waals surface area (Å²) >= 11 is 0. The number of hydrazine groups is 2. The zero-order valence-electron chi connectivity index (χ0n) is 3.86. The lowest BCUT2D eigenvalue weighted by molar-refractivity contribution is 0.511. The molecule has 38 valence electrons. The lowest BCUT2D eigenvalue weighted by atomic mass is 10.5. The van der Waals surface area contributed by atoms with E-state index in [0.717, 1.165) is 6.54 Å². The van der Waals surface area contributed by atoms with Crippen molar-refractivity contribution in [1.29, 1.82) is 0 Å². The van der Waals surface area contributed by atoms with Crippen LogP contribution in [0.2, 0.25) is 0 Å². The monoisotopic (exact) mass is 97.1 g/mol. The van der Waals surface area contributed by atoms with Crippen molar-refractivity contribution in [2.45, 2.75) is 0 Å². The SMILES string of the molecule is [C]1=CCNNN[CH]1. The molecule has 0 unspecified atom stereocenters. The maximum Gasteiger partial charge on any atom is 0.0684 e. The van der Waals surface area contributed by atoms with E-state index in [-0.39, 0.29) is 0 Å². The summed E-state index contributed by atoms with van der Waals surface area (Å²) in [5, 5.41) is 0. The van der Waals surface area contributed by atoms with Gasteiger partial charge in [0.2, 0.25) is 0 Å². The van der Waals surface area contributed by atoms with Gasteiger partial charge in [-0.05, 0) is 6.08 Å². The largest absolute Gasteiger partial charge is 0.240 e. The summed E-state index contributed by atoms with van der Waals surface area (Å²) in [5.41, 5.74) is 8.25. The Morgan fingerprint density at radius 2 is 2.57 bits per heavy atom. The van der Waals surface area contributed by atoms with Gasteiger partial charge >= 0.3 is 0 Å². The highest BCUT2D eigenvalue weighted by atomic mass is 15.6. The van der Waals surface area contributed by atoms with Crippen LogP contribution in [0.3, 0.4) is 0 Å². The van der Waals surface area contributed by atoms with E-state index in [1.165, 1.54) is 0 Å². The van der Waals surface area contributed by atoms with E-state index in [0.29, 0.717) is 0 Å². The first-order valence-electron chi connectivity index (χ1n) is 2.13. The van der Waals surface area contributed by atoms with Crippen molar-refractivity contribution in [2.75, 3.05) is 6.54 Å². The summed E-state index contributed by atoms with van der Waals surface area (Å²) in [6, 6.07) is 0. The van der Waals surface area contributed by atoms with Crippen LogP contribution in [-0.4, -0.2) is 6.54 Å². The van der Waals surface area contributed by atoms with Crippen LogP contribution in [-0.2, 0) is 0 Å². The number of hydrogen-bond donors (Lipinski definition) is 3. The standard InChI is InChI=1S/C4H7N3/c1-2-4-6-7-5-3-1/h1,4-7H,3H2. The van der Waals surface area contributed by atoms with Gasteiger partial charge in [-0.1, -0.05) is 6.08 Å². The third-order valence-corrected chi connectivity index (χ3v) is 0.638. The van der Waals surface area contributed by atoms with Gasteiger partial charge in [-0.25, -0.2) is 10.9 Å². The van der Waals surface area contributed by atoms with Gasteiger partial charge < -0.3 is 0 Å². The minimum absolute atomic E-state index is 0.809. The molecule has 0 amide bonds. The molecule has 1 heterocycles. The van der Waals surface area contributed by atoms with Crippen molar-refractivity contribution in [2.24, 2.45) is 0 Å². The fourth-order valence-electron chi connectivity index (χ4n) is 0.349. The topological polar surface area (TPSA) is 36.1 Å². The summed E-state index contributed by atoms with van der Waals surface area (Å²) in [4.78, 5) is 0. The van der Waals surface area contributed by atoms with E-state index in [9.17, 15) is 0 Å². The zero-order chi connectivity index (χ0) is 4.95. The maximum atomic E-state index is 2.86. The molecule has 3 heteroatoms. The van der Waals surface area contributed by atoms with Crippen LogP contribution in [0.5, 0.6) is 0 Å². The molecule has 0 aromatic rings. The summed E-state index contributed by atoms with van der Waals surface area (Å²) in [6.45, 7) is 2.50. The Morgan fingerprint density at radius 1 is 1.57 bits per heavy atom. The molecule has 2 radical (unpaired) electrons. The normalized spacial score (nSPS) is 21.7. The Balaban J connectivity index is 2.20. The average molecular weight is 97.1 g/mol. The molecule has 3 N–H and O–H groups in total. The number of nitrogens with one attached hydrogen (secondary N) is 3. The van der Waals surface area contributed by atoms with Crippen LogP contribution >= 0.6 is 0 Å². The van der Waals surface area contributed by atoms with E-state index < -0.39 is 0 Å². The molecule has 0 saturated carbocycles. The lowest BCUT2D eigenvalue weighted by Gasteiger charge is -1.97. The van der Waals surface area contributed by atoms with Crippen LogP contribution in [0.4, 0.5) is 0 Å². The van der Waals surface area contributed by atoms with Gasteiger partial charge in [-0.2, -0.15) is 5.53 Å². The van der Waals surface area contributed by atoms with E-state index in [1.54, 1.807) is 6.54 Å². The quantitative estimate of drug-likeness (QED) is 0.367. The smallest absolute Gasteiger partial charge is 0.0684 e. The third kappa shape index (κ3) is 1.68. The van der Waals surface area contributed by atoms with E-state index in [2.05, 4.69) is 22.5 Å². The molecule has 0 atom stereocenters. The fourth-order valence-corrected chi connectivity index (χ4v) is 0.349. The van der Waals surface area contributed by atoms with Crippen molar-refractivity contribution in [3.05, 3.63) is 18.7 Å². The van der Waals surface area contributed by atoms with Crippen LogP contribution < -0.4 is 16.4 Å². The summed E-state index contributed by atoms with van der Waals surface area (Å²) in [7, 11) is 0. The van der Waals surface area contributed by atoms with E-state index in [1.807, 2.05) is 6.08 Å². The van der Waals surface area contributed by atoms with Crippen LogP contribution in [0.25, 0.3) is 0 Å². The number of hydrogen-bond acceptors (Lipinski definition) is 3. The van der Waals surface area contributed by atoms with Crippen molar-refractivity contribution < 1.29 is 0 Å². The van der Waals surface area contributed by atoms with Gasteiger partial charge in [0.05, 0.1) is 6.54 Å². The molecule has 0 fully saturated rings. The van der Waals surface area contributed by atoms with Gasteiger partial charge in [0, 0.05) is 6.54 Å². The van der Waals surface area contributed by atoms with Crippen LogP contribution in [0.15, 0.2) is 6.08 Å². The molecule has 3 nitrogen and oxygen atoms in total. The zero-order valence-corrected chi connectivity index (χ0v) is 3.86. The van der Waals surface area contributed by atoms with Gasteiger partial charge in [0.1, 0.15) is 0 Å². The molecule has 0 spiro atoms. The molecule has 7 heavy (non-hydrogen) atoms. The average Bonchev–Trinajstić information content (AvgIpc) is 1.90. The van der Waals surface area contributed by atoms with Gasteiger partial charge in [0.15, 0.2) is 0 Å². The summed E-state index contributed by atoms with van der Waals surface area (Å²) in [6.07, 6.45) is 4.74. The van der Waals surface area contributed by atoms with E-state index in [4.69, 9.17) is 0 Å². The molecule has 0 aromatic carbocycles.